The second kappa shape index (κ2) is 6.77. The Labute approximate surface area is 127 Å². The smallest absolute Gasteiger partial charge is 0.119 e. The Bertz CT molecular complexity index is 542. The minimum atomic E-state index is 0.504. The summed E-state index contributed by atoms with van der Waals surface area (Å²) in [4.78, 5) is 0. The first-order valence-corrected chi connectivity index (χ1v) is 7.81. The fourth-order valence-corrected chi connectivity index (χ4v) is 2.82. The first-order valence-electron chi connectivity index (χ1n) is 7.81. The highest BCUT2D eigenvalue weighted by Crippen LogP contribution is 2.27. The third-order valence-electron chi connectivity index (χ3n) is 4.19. The molecule has 0 bridgehead atoms. The summed E-state index contributed by atoms with van der Waals surface area (Å²) in [6.07, 6.45) is 2.54. The van der Waals surface area contributed by atoms with Gasteiger partial charge in [-0.3, -0.25) is 0 Å². The van der Waals surface area contributed by atoms with Crippen LogP contribution in [0.3, 0.4) is 0 Å². The van der Waals surface area contributed by atoms with Gasteiger partial charge in [0.05, 0.1) is 0 Å². The summed E-state index contributed by atoms with van der Waals surface area (Å²) in [5.74, 6) is 1.74. The molecule has 2 nitrogen and oxygen atoms in total. The van der Waals surface area contributed by atoms with Crippen molar-refractivity contribution in [3.05, 3.63) is 65.7 Å². The molecular formula is C19H23NO. The minimum Gasteiger partial charge on any atom is -0.489 e. The molecule has 2 aromatic rings. The number of nitrogens with one attached hydrogen (secondary N) is 1. The third-order valence-corrected chi connectivity index (χ3v) is 4.19. The lowest BCUT2D eigenvalue weighted by atomic mass is 9.92. The lowest BCUT2D eigenvalue weighted by Gasteiger charge is -2.28. The Morgan fingerprint density at radius 2 is 1.76 bits per heavy atom. The average molecular weight is 281 g/mol. The Morgan fingerprint density at radius 1 is 1.00 bits per heavy atom. The first-order chi connectivity index (χ1) is 10.3. The van der Waals surface area contributed by atoms with Gasteiger partial charge in [0.1, 0.15) is 12.4 Å². The van der Waals surface area contributed by atoms with Gasteiger partial charge in [-0.15, -0.1) is 0 Å². The zero-order valence-corrected chi connectivity index (χ0v) is 12.6. The molecule has 0 amide bonds. The fraction of sp³-hybridized carbons (Fsp3) is 0.368. The van der Waals surface area contributed by atoms with Gasteiger partial charge in [0.15, 0.2) is 0 Å². The van der Waals surface area contributed by atoms with Gasteiger partial charge < -0.3 is 10.1 Å². The highest BCUT2D eigenvalue weighted by molar-refractivity contribution is 5.30. The van der Waals surface area contributed by atoms with Gasteiger partial charge in [-0.25, -0.2) is 0 Å². The normalized spacial score (nSPS) is 22.0. The summed E-state index contributed by atoms with van der Waals surface area (Å²) >= 11 is 0. The van der Waals surface area contributed by atoms with E-state index >= 15 is 0 Å². The molecule has 1 saturated heterocycles. The molecule has 1 aliphatic heterocycles. The standard InChI is InChI=1S/C19H23NO/c1-15-7-12-19(20-13-15)17-8-10-18(11-9-17)21-14-16-5-3-2-4-6-16/h2-6,8-11,15,19-20H,7,12-14H2,1H3. The molecule has 0 aromatic heterocycles. The molecule has 0 aliphatic carbocycles. The van der Waals surface area contributed by atoms with Crippen LogP contribution in [-0.2, 0) is 6.61 Å². The summed E-state index contributed by atoms with van der Waals surface area (Å²) < 4.78 is 5.83. The van der Waals surface area contributed by atoms with Gasteiger partial charge in [-0.05, 0) is 48.6 Å². The van der Waals surface area contributed by atoms with E-state index in [2.05, 4.69) is 48.6 Å². The summed E-state index contributed by atoms with van der Waals surface area (Å²) in [6.45, 7) is 4.06. The fourth-order valence-electron chi connectivity index (χ4n) is 2.82. The zero-order valence-electron chi connectivity index (χ0n) is 12.6. The van der Waals surface area contributed by atoms with Crippen LogP contribution >= 0.6 is 0 Å². The predicted molar refractivity (Wildman–Crippen MR) is 86.4 cm³/mol. The van der Waals surface area contributed by atoms with Crippen LogP contribution in [0.15, 0.2) is 54.6 Å². The minimum absolute atomic E-state index is 0.504. The third kappa shape index (κ3) is 3.85. The van der Waals surface area contributed by atoms with Crippen molar-refractivity contribution in [3.8, 4) is 5.75 Å². The Kier molecular flexibility index (Phi) is 4.56. The van der Waals surface area contributed by atoms with Crippen LogP contribution in [0.25, 0.3) is 0 Å². The lowest BCUT2D eigenvalue weighted by molar-refractivity contribution is 0.305. The Morgan fingerprint density at radius 3 is 2.43 bits per heavy atom. The van der Waals surface area contributed by atoms with Crippen LogP contribution in [0.2, 0.25) is 0 Å². The molecule has 2 heteroatoms. The van der Waals surface area contributed by atoms with Crippen molar-refractivity contribution in [3.63, 3.8) is 0 Å². The van der Waals surface area contributed by atoms with E-state index in [0.29, 0.717) is 12.6 Å². The molecule has 1 heterocycles. The molecule has 2 unspecified atom stereocenters. The quantitative estimate of drug-likeness (QED) is 0.901. The van der Waals surface area contributed by atoms with E-state index in [4.69, 9.17) is 4.74 Å². The number of benzene rings is 2. The molecule has 1 aliphatic rings. The Hall–Kier alpha value is -1.80. The van der Waals surface area contributed by atoms with Crippen molar-refractivity contribution in [2.24, 2.45) is 5.92 Å². The van der Waals surface area contributed by atoms with Crippen molar-refractivity contribution in [2.75, 3.05) is 6.54 Å². The number of hydrogen-bond acceptors (Lipinski definition) is 2. The van der Waals surface area contributed by atoms with Gasteiger partial charge in [-0.1, -0.05) is 49.4 Å². The van der Waals surface area contributed by atoms with E-state index in [9.17, 15) is 0 Å². The van der Waals surface area contributed by atoms with E-state index in [1.54, 1.807) is 0 Å². The van der Waals surface area contributed by atoms with Crippen LogP contribution in [0.4, 0.5) is 0 Å². The van der Waals surface area contributed by atoms with Gasteiger partial charge in [0.25, 0.3) is 0 Å². The molecule has 0 spiro atoms. The largest absolute Gasteiger partial charge is 0.489 e. The zero-order chi connectivity index (χ0) is 14.5. The maximum Gasteiger partial charge on any atom is 0.119 e. The molecule has 1 fully saturated rings. The van der Waals surface area contributed by atoms with Crippen LogP contribution in [0.5, 0.6) is 5.75 Å². The summed E-state index contributed by atoms with van der Waals surface area (Å²) in [7, 11) is 0. The van der Waals surface area contributed by atoms with Gasteiger partial charge in [0.2, 0.25) is 0 Å². The highest BCUT2D eigenvalue weighted by Gasteiger charge is 2.18. The first kappa shape index (κ1) is 14.2. The Balaban J connectivity index is 1.57. The van der Waals surface area contributed by atoms with E-state index in [0.717, 1.165) is 18.2 Å². The molecule has 2 atom stereocenters. The summed E-state index contributed by atoms with van der Waals surface area (Å²) in [6, 6.07) is 19.3. The molecule has 2 aromatic carbocycles. The molecule has 0 radical (unpaired) electrons. The van der Waals surface area contributed by atoms with Crippen LogP contribution in [0.1, 0.15) is 36.9 Å². The number of hydrogen-bond donors (Lipinski definition) is 1. The van der Waals surface area contributed by atoms with Crippen molar-refractivity contribution < 1.29 is 4.74 Å². The molecule has 0 saturated carbocycles. The number of piperidine rings is 1. The second-order valence-electron chi connectivity index (χ2n) is 5.99. The summed E-state index contributed by atoms with van der Waals surface area (Å²) in [5, 5.41) is 3.62. The molecule has 1 N–H and O–H groups in total. The van der Waals surface area contributed by atoms with Crippen molar-refractivity contribution in [1.82, 2.24) is 5.32 Å². The lowest BCUT2D eigenvalue weighted by Crippen LogP contribution is -2.31. The topological polar surface area (TPSA) is 21.3 Å². The summed E-state index contributed by atoms with van der Waals surface area (Å²) in [5.41, 5.74) is 2.57. The molecule has 21 heavy (non-hydrogen) atoms. The molecule has 3 rings (SSSR count). The van der Waals surface area contributed by atoms with Crippen molar-refractivity contribution in [2.45, 2.75) is 32.4 Å². The van der Waals surface area contributed by atoms with Crippen LogP contribution in [0, 0.1) is 5.92 Å². The van der Waals surface area contributed by atoms with E-state index < -0.39 is 0 Å². The molecular weight excluding hydrogens is 258 g/mol. The van der Waals surface area contributed by atoms with E-state index in [-0.39, 0.29) is 0 Å². The van der Waals surface area contributed by atoms with Crippen LogP contribution in [-0.4, -0.2) is 6.54 Å². The van der Waals surface area contributed by atoms with Crippen LogP contribution < -0.4 is 10.1 Å². The maximum atomic E-state index is 5.83. The number of rotatable bonds is 4. The van der Waals surface area contributed by atoms with E-state index in [1.165, 1.54) is 24.0 Å². The highest BCUT2D eigenvalue weighted by atomic mass is 16.5. The van der Waals surface area contributed by atoms with E-state index in [1.807, 2.05) is 18.2 Å². The van der Waals surface area contributed by atoms with Gasteiger partial charge in [0, 0.05) is 6.04 Å². The predicted octanol–water partition coefficient (Wildman–Crippen LogP) is 4.33. The average Bonchev–Trinajstić information content (AvgIpc) is 2.55. The number of ether oxygens (including phenoxy) is 1. The van der Waals surface area contributed by atoms with Crippen molar-refractivity contribution in [1.29, 1.82) is 0 Å². The SMILES string of the molecule is CC1CCC(c2ccc(OCc3ccccc3)cc2)NC1. The second-order valence-corrected chi connectivity index (χ2v) is 5.99. The van der Waals surface area contributed by atoms with Gasteiger partial charge >= 0.3 is 0 Å². The van der Waals surface area contributed by atoms with Gasteiger partial charge in [-0.2, -0.15) is 0 Å². The maximum absolute atomic E-state index is 5.83. The molecule has 110 valence electrons. The monoisotopic (exact) mass is 281 g/mol. The van der Waals surface area contributed by atoms with Crippen molar-refractivity contribution >= 4 is 0 Å².